The molecule has 1 heterocycles. The van der Waals surface area contributed by atoms with E-state index in [4.69, 9.17) is 9.47 Å². The van der Waals surface area contributed by atoms with Gasteiger partial charge in [0.25, 0.3) is 0 Å². The zero-order valence-electron chi connectivity index (χ0n) is 19.8. The largest absolute Gasteiger partial charge is 0.464 e. The third-order valence-corrected chi connectivity index (χ3v) is 5.89. The Morgan fingerprint density at radius 1 is 1.06 bits per heavy atom. The Hall–Kier alpha value is -2.85. The molecule has 1 fully saturated rings. The van der Waals surface area contributed by atoms with Crippen LogP contribution in [0.4, 0.5) is 5.69 Å². The molecule has 4 nitrogen and oxygen atoms in total. The van der Waals surface area contributed by atoms with Gasteiger partial charge in [-0.3, -0.25) is 0 Å². The summed E-state index contributed by atoms with van der Waals surface area (Å²) in [6.07, 6.45) is 0.426. The van der Waals surface area contributed by atoms with Gasteiger partial charge in [0.2, 0.25) is 0 Å². The van der Waals surface area contributed by atoms with Crippen molar-refractivity contribution in [3.8, 4) is 11.1 Å². The molecule has 1 unspecified atom stereocenters. The zero-order chi connectivity index (χ0) is 22.9. The van der Waals surface area contributed by atoms with Gasteiger partial charge in [-0.05, 0) is 80.6 Å². The van der Waals surface area contributed by atoms with Gasteiger partial charge in [0.05, 0.1) is 12.2 Å². The number of aryl methyl sites for hydroxylation is 1. The van der Waals surface area contributed by atoms with Crippen molar-refractivity contribution in [2.45, 2.75) is 52.7 Å². The Balaban J connectivity index is 1.98. The molecule has 0 amide bonds. The number of carbonyl (C=O) groups excluding carboxylic acids is 1. The highest BCUT2D eigenvalue weighted by atomic mass is 16.6. The molecule has 1 saturated heterocycles. The number of ether oxygens (including phenoxy) is 2. The van der Waals surface area contributed by atoms with E-state index in [2.05, 4.69) is 60.4 Å². The summed E-state index contributed by atoms with van der Waals surface area (Å²) in [5.41, 5.74) is 4.76. The fourth-order valence-electron chi connectivity index (χ4n) is 4.38. The zero-order valence-corrected chi connectivity index (χ0v) is 19.8. The summed E-state index contributed by atoms with van der Waals surface area (Å²) < 4.78 is 11.8. The number of hydrogen-bond donors (Lipinski definition) is 0. The van der Waals surface area contributed by atoms with Crippen LogP contribution in [0.1, 0.15) is 51.3 Å². The maximum Gasteiger partial charge on any atom is 0.339 e. The van der Waals surface area contributed by atoms with Gasteiger partial charge < -0.3 is 14.4 Å². The van der Waals surface area contributed by atoms with Gasteiger partial charge in [0, 0.05) is 24.3 Å². The van der Waals surface area contributed by atoms with Gasteiger partial charge in [-0.2, -0.15) is 0 Å². The van der Waals surface area contributed by atoms with Crippen LogP contribution in [0.3, 0.4) is 0 Å². The van der Waals surface area contributed by atoms with Crippen LogP contribution < -0.4 is 4.90 Å². The fourth-order valence-corrected chi connectivity index (χ4v) is 4.38. The molecule has 1 aliphatic rings. The molecule has 0 aromatic heterocycles. The lowest BCUT2D eigenvalue weighted by atomic mass is 9.87. The minimum atomic E-state index is -0.803. The van der Waals surface area contributed by atoms with Crippen LogP contribution in [-0.4, -0.2) is 31.3 Å². The molecule has 32 heavy (non-hydrogen) atoms. The van der Waals surface area contributed by atoms with Crippen LogP contribution in [-0.2, 0) is 14.3 Å². The van der Waals surface area contributed by atoms with Gasteiger partial charge in [0.15, 0.2) is 6.10 Å². The molecular formula is C28H33NO3. The van der Waals surface area contributed by atoms with Crippen molar-refractivity contribution >= 4 is 22.4 Å². The average Bonchev–Trinajstić information content (AvgIpc) is 2.70. The molecule has 0 aliphatic carbocycles. The highest BCUT2D eigenvalue weighted by Crippen LogP contribution is 2.41. The Kier molecular flexibility index (Phi) is 6.25. The Morgan fingerprint density at radius 2 is 1.81 bits per heavy atom. The summed E-state index contributed by atoms with van der Waals surface area (Å²) in [4.78, 5) is 15.6. The molecule has 1 aliphatic heterocycles. The van der Waals surface area contributed by atoms with Gasteiger partial charge >= 0.3 is 5.97 Å². The van der Waals surface area contributed by atoms with Crippen LogP contribution in [0.15, 0.2) is 54.6 Å². The highest BCUT2D eigenvalue weighted by Gasteiger charge is 2.33. The SMILES string of the molecule is CCOC(=O)C(OC(C)(C)C)c1c(C)cc2ccccc2c1-c1cccc(N2CCC2)c1. The number of esters is 1. The van der Waals surface area contributed by atoms with Crippen molar-refractivity contribution in [3.63, 3.8) is 0 Å². The number of nitrogens with zero attached hydrogens (tertiary/aromatic N) is 1. The third-order valence-electron chi connectivity index (χ3n) is 5.89. The first kappa shape index (κ1) is 22.3. The van der Waals surface area contributed by atoms with E-state index in [0.717, 1.165) is 46.1 Å². The molecule has 4 heteroatoms. The van der Waals surface area contributed by atoms with Crippen LogP contribution in [0.2, 0.25) is 0 Å². The number of fused-ring (bicyclic) bond motifs is 1. The van der Waals surface area contributed by atoms with Crippen LogP contribution in [0, 0.1) is 6.92 Å². The minimum absolute atomic E-state index is 0.315. The normalized spacial score (nSPS) is 14.8. The van der Waals surface area contributed by atoms with E-state index in [9.17, 15) is 4.79 Å². The van der Waals surface area contributed by atoms with Crippen molar-refractivity contribution < 1.29 is 14.3 Å². The van der Waals surface area contributed by atoms with E-state index >= 15 is 0 Å². The number of benzene rings is 3. The maximum absolute atomic E-state index is 13.2. The van der Waals surface area contributed by atoms with E-state index in [0.29, 0.717) is 6.61 Å². The quantitative estimate of drug-likeness (QED) is 0.421. The van der Waals surface area contributed by atoms with Gasteiger partial charge in [0.1, 0.15) is 0 Å². The van der Waals surface area contributed by atoms with Crippen LogP contribution in [0.25, 0.3) is 21.9 Å². The topological polar surface area (TPSA) is 38.8 Å². The van der Waals surface area contributed by atoms with Gasteiger partial charge in [-0.1, -0.05) is 42.5 Å². The molecule has 1 atom stereocenters. The highest BCUT2D eigenvalue weighted by molar-refractivity contribution is 6.01. The summed E-state index contributed by atoms with van der Waals surface area (Å²) >= 11 is 0. The number of hydrogen-bond acceptors (Lipinski definition) is 4. The molecule has 0 N–H and O–H groups in total. The molecule has 4 rings (SSSR count). The number of carbonyl (C=O) groups is 1. The lowest BCUT2D eigenvalue weighted by Gasteiger charge is -2.34. The first-order valence-corrected chi connectivity index (χ1v) is 11.5. The Labute approximate surface area is 191 Å². The standard InChI is InChI=1S/C28H33NO3/c1-6-31-27(30)26(32-28(3,4)5)24-19(2)17-20-11-7-8-14-23(20)25(24)21-12-9-13-22(18-21)29-15-10-16-29/h7-9,11-14,17-18,26H,6,10,15-16H2,1-5H3. The molecule has 0 bridgehead atoms. The lowest BCUT2D eigenvalue weighted by molar-refractivity contribution is -0.166. The van der Waals surface area contributed by atoms with E-state index in [1.54, 1.807) is 0 Å². The first-order chi connectivity index (χ1) is 15.3. The molecule has 3 aromatic rings. The molecule has 0 spiro atoms. The number of rotatable bonds is 6. The van der Waals surface area contributed by atoms with Gasteiger partial charge in [-0.25, -0.2) is 4.79 Å². The summed E-state index contributed by atoms with van der Waals surface area (Å²) in [6.45, 7) is 12.3. The molecule has 0 saturated carbocycles. The van der Waals surface area contributed by atoms with Crippen LogP contribution in [0.5, 0.6) is 0 Å². The lowest BCUT2D eigenvalue weighted by Crippen LogP contribution is -2.36. The maximum atomic E-state index is 13.2. The number of anilines is 1. The fraction of sp³-hybridized carbons (Fsp3) is 0.393. The summed E-state index contributed by atoms with van der Waals surface area (Å²) in [6, 6.07) is 19.1. The first-order valence-electron chi connectivity index (χ1n) is 11.5. The molecule has 168 valence electrons. The molecular weight excluding hydrogens is 398 g/mol. The van der Waals surface area contributed by atoms with Crippen molar-refractivity contribution in [1.29, 1.82) is 0 Å². The summed E-state index contributed by atoms with van der Waals surface area (Å²) in [5.74, 6) is -0.346. The van der Waals surface area contributed by atoms with E-state index in [-0.39, 0.29) is 5.97 Å². The Bertz CT molecular complexity index is 1130. The minimum Gasteiger partial charge on any atom is -0.464 e. The molecule has 0 radical (unpaired) electrons. The summed E-state index contributed by atoms with van der Waals surface area (Å²) in [5, 5.41) is 2.26. The van der Waals surface area contributed by atoms with Gasteiger partial charge in [-0.15, -0.1) is 0 Å². The second kappa shape index (κ2) is 8.95. The predicted molar refractivity (Wildman–Crippen MR) is 131 cm³/mol. The second-order valence-corrected chi connectivity index (χ2v) is 9.46. The second-order valence-electron chi connectivity index (χ2n) is 9.46. The van der Waals surface area contributed by atoms with E-state index in [1.165, 1.54) is 12.1 Å². The smallest absolute Gasteiger partial charge is 0.339 e. The van der Waals surface area contributed by atoms with E-state index < -0.39 is 11.7 Å². The predicted octanol–water partition coefficient (Wildman–Crippen LogP) is 6.44. The third kappa shape index (κ3) is 4.51. The summed E-state index contributed by atoms with van der Waals surface area (Å²) in [7, 11) is 0. The Morgan fingerprint density at radius 3 is 2.47 bits per heavy atom. The van der Waals surface area contributed by atoms with Crippen LogP contribution >= 0.6 is 0 Å². The van der Waals surface area contributed by atoms with E-state index in [1.807, 2.05) is 33.8 Å². The van der Waals surface area contributed by atoms with Crippen molar-refractivity contribution in [2.75, 3.05) is 24.6 Å². The average molecular weight is 432 g/mol. The molecule has 3 aromatic carbocycles. The van der Waals surface area contributed by atoms with Crippen molar-refractivity contribution in [2.24, 2.45) is 0 Å². The van der Waals surface area contributed by atoms with Crippen molar-refractivity contribution in [1.82, 2.24) is 0 Å². The monoisotopic (exact) mass is 431 g/mol. The van der Waals surface area contributed by atoms with Crippen molar-refractivity contribution in [3.05, 3.63) is 65.7 Å².